The molecular formula is C32H35N. The van der Waals surface area contributed by atoms with Crippen LogP contribution in [0.15, 0.2) is 91.0 Å². The van der Waals surface area contributed by atoms with Crippen LogP contribution in [0.1, 0.15) is 52.7 Å². The van der Waals surface area contributed by atoms with Crippen LogP contribution in [0.3, 0.4) is 0 Å². The number of benzene rings is 4. The Morgan fingerprint density at radius 1 is 0.485 bits per heavy atom. The molecule has 0 unspecified atom stereocenters. The van der Waals surface area contributed by atoms with Crippen LogP contribution in [0.25, 0.3) is 33.4 Å². The largest absolute Gasteiger partial charge is 0.398 e. The summed E-state index contributed by atoms with van der Waals surface area (Å²) in [5, 5.41) is 0. The van der Waals surface area contributed by atoms with Gasteiger partial charge in [-0.2, -0.15) is 0 Å². The predicted octanol–water partition coefficient (Wildman–Crippen LogP) is 8.86. The van der Waals surface area contributed by atoms with E-state index in [1.807, 2.05) is 6.07 Å². The van der Waals surface area contributed by atoms with Gasteiger partial charge < -0.3 is 5.73 Å². The van der Waals surface area contributed by atoms with Crippen LogP contribution in [0, 0.1) is 0 Å². The van der Waals surface area contributed by atoms with Gasteiger partial charge in [-0.25, -0.2) is 0 Å². The molecule has 4 aromatic carbocycles. The van der Waals surface area contributed by atoms with Crippen molar-refractivity contribution in [1.82, 2.24) is 0 Å². The fourth-order valence-corrected chi connectivity index (χ4v) is 4.74. The summed E-state index contributed by atoms with van der Waals surface area (Å²) >= 11 is 0. The molecule has 0 aliphatic heterocycles. The topological polar surface area (TPSA) is 26.0 Å². The Morgan fingerprint density at radius 3 is 1.58 bits per heavy atom. The quantitative estimate of drug-likeness (QED) is 0.321. The van der Waals surface area contributed by atoms with Crippen LogP contribution in [-0.4, -0.2) is 0 Å². The van der Waals surface area contributed by atoms with Gasteiger partial charge in [0.1, 0.15) is 0 Å². The van der Waals surface area contributed by atoms with Gasteiger partial charge in [0.15, 0.2) is 0 Å². The van der Waals surface area contributed by atoms with E-state index in [4.69, 9.17) is 5.73 Å². The monoisotopic (exact) mass is 433 g/mol. The lowest BCUT2D eigenvalue weighted by atomic mass is 9.72. The van der Waals surface area contributed by atoms with E-state index in [0.29, 0.717) is 0 Å². The number of anilines is 1. The maximum absolute atomic E-state index is 6.97. The maximum Gasteiger partial charge on any atom is 0.0473 e. The van der Waals surface area contributed by atoms with Crippen LogP contribution < -0.4 is 5.73 Å². The van der Waals surface area contributed by atoms with Gasteiger partial charge in [-0.05, 0) is 56.3 Å². The Bertz CT molecular complexity index is 1250. The zero-order chi connectivity index (χ0) is 23.8. The highest BCUT2D eigenvalue weighted by Crippen LogP contribution is 2.45. The molecule has 33 heavy (non-hydrogen) atoms. The van der Waals surface area contributed by atoms with Crippen LogP contribution in [0.4, 0.5) is 5.69 Å². The number of rotatable bonds is 3. The number of hydrogen-bond acceptors (Lipinski definition) is 1. The van der Waals surface area contributed by atoms with Crippen molar-refractivity contribution in [3.8, 4) is 33.4 Å². The third-order valence-corrected chi connectivity index (χ3v) is 6.28. The molecule has 4 aromatic rings. The third kappa shape index (κ3) is 4.59. The van der Waals surface area contributed by atoms with E-state index >= 15 is 0 Å². The summed E-state index contributed by atoms with van der Waals surface area (Å²) in [4.78, 5) is 0. The molecule has 0 amide bonds. The first-order chi connectivity index (χ1) is 15.6. The van der Waals surface area contributed by atoms with Crippen molar-refractivity contribution in [3.63, 3.8) is 0 Å². The zero-order valence-corrected chi connectivity index (χ0v) is 20.7. The second-order valence-corrected chi connectivity index (χ2v) is 10.9. The predicted molar refractivity (Wildman–Crippen MR) is 145 cm³/mol. The van der Waals surface area contributed by atoms with Gasteiger partial charge in [-0.3, -0.25) is 0 Å². The molecule has 0 bridgehead atoms. The lowest BCUT2D eigenvalue weighted by Crippen LogP contribution is -2.23. The Hall–Kier alpha value is -3.32. The van der Waals surface area contributed by atoms with Crippen LogP contribution in [0.5, 0.6) is 0 Å². The molecule has 0 heterocycles. The summed E-state index contributed by atoms with van der Waals surface area (Å²) in [7, 11) is 0. The first-order valence-corrected chi connectivity index (χ1v) is 11.8. The highest BCUT2D eigenvalue weighted by Gasteiger charge is 2.29. The van der Waals surface area contributed by atoms with Gasteiger partial charge in [0.05, 0.1) is 0 Å². The Kier molecular flexibility index (Phi) is 5.93. The van der Waals surface area contributed by atoms with Crippen molar-refractivity contribution in [3.05, 3.63) is 102 Å². The minimum Gasteiger partial charge on any atom is -0.398 e. The van der Waals surface area contributed by atoms with Crippen molar-refractivity contribution in [2.45, 2.75) is 52.4 Å². The Labute approximate surface area is 199 Å². The summed E-state index contributed by atoms with van der Waals surface area (Å²) in [6, 6.07) is 32.3. The van der Waals surface area contributed by atoms with Crippen molar-refractivity contribution < 1.29 is 0 Å². The normalized spacial score (nSPS) is 12.1. The van der Waals surface area contributed by atoms with Crippen LogP contribution in [-0.2, 0) is 10.8 Å². The Balaban J connectivity index is 2.09. The minimum atomic E-state index is -0.0265. The second kappa shape index (κ2) is 8.56. The molecule has 1 nitrogen and oxygen atoms in total. The molecule has 1 heteroatoms. The number of nitrogen functional groups attached to an aromatic ring is 1. The molecule has 0 spiro atoms. The van der Waals surface area contributed by atoms with Crippen molar-refractivity contribution in [1.29, 1.82) is 0 Å². The standard InChI is InChI=1S/C32H35N/c1-31(2,3)28-19-13-18-25(29(28)32(4,5)6)27-21-24(22-14-9-7-10-15-22)20-26(30(27)33)23-16-11-8-12-17-23/h7-21H,33H2,1-6H3. The second-order valence-electron chi connectivity index (χ2n) is 10.9. The molecule has 2 N–H and O–H groups in total. The molecule has 0 saturated heterocycles. The summed E-state index contributed by atoms with van der Waals surface area (Å²) in [6.45, 7) is 13.8. The number of hydrogen-bond donors (Lipinski definition) is 1. The summed E-state index contributed by atoms with van der Waals surface area (Å²) < 4.78 is 0. The fourth-order valence-electron chi connectivity index (χ4n) is 4.74. The van der Waals surface area contributed by atoms with Gasteiger partial charge >= 0.3 is 0 Å². The average molecular weight is 434 g/mol. The first kappa shape index (κ1) is 22.9. The van der Waals surface area contributed by atoms with Crippen molar-refractivity contribution in [2.75, 3.05) is 5.73 Å². The molecule has 0 fully saturated rings. The zero-order valence-electron chi connectivity index (χ0n) is 20.7. The molecule has 168 valence electrons. The first-order valence-electron chi connectivity index (χ1n) is 11.8. The van der Waals surface area contributed by atoms with Gasteiger partial charge in [0, 0.05) is 16.8 Å². The maximum atomic E-state index is 6.97. The third-order valence-electron chi connectivity index (χ3n) is 6.28. The fraction of sp³-hybridized carbons (Fsp3) is 0.250. The van der Waals surface area contributed by atoms with Crippen molar-refractivity contribution in [2.24, 2.45) is 0 Å². The Morgan fingerprint density at radius 2 is 1.03 bits per heavy atom. The molecule has 0 aliphatic carbocycles. The summed E-state index contributed by atoms with van der Waals surface area (Å²) in [5.74, 6) is 0. The smallest absolute Gasteiger partial charge is 0.0473 e. The summed E-state index contributed by atoms with van der Waals surface area (Å²) in [5.41, 5.74) is 17.5. The van der Waals surface area contributed by atoms with E-state index < -0.39 is 0 Å². The summed E-state index contributed by atoms with van der Waals surface area (Å²) in [6.07, 6.45) is 0. The molecule has 0 saturated carbocycles. The van der Waals surface area contributed by atoms with E-state index in [1.54, 1.807) is 0 Å². The van der Waals surface area contributed by atoms with E-state index in [-0.39, 0.29) is 10.8 Å². The van der Waals surface area contributed by atoms with E-state index in [9.17, 15) is 0 Å². The minimum absolute atomic E-state index is 0.0265. The van der Waals surface area contributed by atoms with E-state index in [0.717, 1.165) is 22.4 Å². The van der Waals surface area contributed by atoms with E-state index in [1.165, 1.54) is 27.8 Å². The van der Waals surface area contributed by atoms with Gasteiger partial charge in [-0.1, -0.05) is 120 Å². The molecular weight excluding hydrogens is 398 g/mol. The van der Waals surface area contributed by atoms with Crippen molar-refractivity contribution >= 4 is 5.69 Å². The molecule has 4 rings (SSSR count). The van der Waals surface area contributed by atoms with Gasteiger partial charge in [0.25, 0.3) is 0 Å². The average Bonchev–Trinajstić information content (AvgIpc) is 2.79. The SMILES string of the molecule is CC(C)(C)c1cccc(-c2cc(-c3ccccc3)cc(-c3ccccc3)c2N)c1C(C)(C)C. The lowest BCUT2D eigenvalue weighted by molar-refractivity contribution is 0.531. The van der Waals surface area contributed by atoms with Crippen LogP contribution >= 0.6 is 0 Å². The molecule has 0 radical (unpaired) electrons. The molecule has 0 aromatic heterocycles. The van der Waals surface area contributed by atoms with Gasteiger partial charge in [0.2, 0.25) is 0 Å². The number of nitrogens with two attached hydrogens (primary N) is 1. The highest BCUT2D eigenvalue weighted by molar-refractivity contribution is 5.94. The lowest BCUT2D eigenvalue weighted by Gasteiger charge is -2.33. The molecule has 0 aliphatic rings. The molecule has 0 atom stereocenters. The van der Waals surface area contributed by atoms with Gasteiger partial charge in [-0.15, -0.1) is 0 Å². The van der Waals surface area contributed by atoms with Crippen LogP contribution in [0.2, 0.25) is 0 Å². The highest BCUT2D eigenvalue weighted by atomic mass is 14.6. The van der Waals surface area contributed by atoms with E-state index in [2.05, 4.69) is 126 Å².